The Labute approximate surface area is 219 Å². The number of likely N-dealkylation sites (N-methyl/N-ethyl adjacent to an activating group) is 1. The highest BCUT2D eigenvalue weighted by Gasteiger charge is 2.25. The average Bonchev–Trinajstić information content (AvgIpc) is 2.71. The number of unbranched alkanes of at least 4 members (excludes halogenated alkanes) is 7. The zero-order valence-electron chi connectivity index (χ0n) is 21.5. The monoisotopic (exact) mass is 583 g/mol. The number of amides is 1. The van der Waals surface area contributed by atoms with Crippen LogP contribution in [-0.4, -0.2) is 74.5 Å². The van der Waals surface area contributed by atoms with Gasteiger partial charge in [-0.1, -0.05) is 51.2 Å². The molecule has 7 nitrogen and oxygen atoms in total. The molecular weight excluding hydrogens is 533 g/mol. The van der Waals surface area contributed by atoms with Crippen LogP contribution in [0.4, 0.5) is 0 Å². The molecule has 2 atom stereocenters. The summed E-state index contributed by atoms with van der Waals surface area (Å²) in [6.45, 7) is 3.47. The predicted octanol–water partition coefficient (Wildman–Crippen LogP) is 0.302. The van der Waals surface area contributed by atoms with E-state index >= 15 is 0 Å². The van der Waals surface area contributed by atoms with Crippen LogP contribution in [0.5, 0.6) is 0 Å². The lowest BCUT2D eigenvalue weighted by Crippen LogP contribution is -3.00. The average molecular weight is 584 g/mol. The van der Waals surface area contributed by atoms with Gasteiger partial charge in [-0.2, -0.15) is 0 Å². The third-order valence-corrected chi connectivity index (χ3v) is 5.19. The standard InChI is InChI=1S/C25H49N3O4.HI/c1-5-6-13-17-23(32-25(31)21-28(2,3)4)22(29)16-14-11-9-7-8-10-12-15-18-24(30)27-20-19-26;/h11,14,22-23,29H,5-10,12-13,15-21,26H2,1-4H3;1H/b14-11+;. The van der Waals surface area contributed by atoms with Crippen LogP contribution in [0, 0.1) is 0 Å². The molecule has 0 spiro atoms. The summed E-state index contributed by atoms with van der Waals surface area (Å²) in [6, 6.07) is 0. The number of hydrogen-bond donors (Lipinski definition) is 3. The molecule has 0 radical (unpaired) electrons. The second kappa shape index (κ2) is 21.8. The van der Waals surface area contributed by atoms with E-state index in [-0.39, 0.29) is 35.9 Å². The Bertz CT molecular complexity index is 524. The second-order valence-corrected chi connectivity index (χ2v) is 9.69. The van der Waals surface area contributed by atoms with Gasteiger partial charge in [0.1, 0.15) is 6.10 Å². The third-order valence-electron chi connectivity index (χ3n) is 5.19. The molecule has 0 aromatic heterocycles. The maximum absolute atomic E-state index is 12.2. The van der Waals surface area contributed by atoms with Gasteiger partial charge in [0.15, 0.2) is 6.54 Å². The van der Waals surface area contributed by atoms with Crippen molar-refractivity contribution < 1.29 is 47.9 Å². The van der Waals surface area contributed by atoms with Crippen molar-refractivity contribution in [3.05, 3.63) is 12.2 Å². The highest BCUT2D eigenvalue weighted by Crippen LogP contribution is 2.15. The lowest BCUT2D eigenvalue weighted by Gasteiger charge is -2.26. The molecule has 196 valence electrons. The van der Waals surface area contributed by atoms with Crippen LogP contribution in [0.15, 0.2) is 12.2 Å². The molecule has 2 unspecified atom stereocenters. The number of ether oxygens (including phenoxy) is 1. The van der Waals surface area contributed by atoms with Crippen LogP contribution >= 0.6 is 0 Å². The number of aliphatic hydroxyl groups is 1. The zero-order valence-corrected chi connectivity index (χ0v) is 23.6. The fourth-order valence-corrected chi connectivity index (χ4v) is 3.40. The van der Waals surface area contributed by atoms with Crippen LogP contribution < -0.4 is 35.0 Å². The van der Waals surface area contributed by atoms with Gasteiger partial charge >= 0.3 is 5.97 Å². The van der Waals surface area contributed by atoms with Crippen LogP contribution in [0.3, 0.4) is 0 Å². The quantitative estimate of drug-likeness (QED) is 0.0630. The summed E-state index contributed by atoms with van der Waals surface area (Å²) >= 11 is 0. The van der Waals surface area contributed by atoms with Crippen molar-refractivity contribution in [3.8, 4) is 0 Å². The Balaban J connectivity index is 0. The Kier molecular flexibility index (Phi) is 22.8. The molecule has 0 rings (SSSR count). The van der Waals surface area contributed by atoms with Gasteiger partial charge in [0.25, 0.3) is 0 Å². The predicted molar refractivity (Wildman–Crippen MR) is 131 cm³/mol. The van der Waals surface area contributed by atoms with Gasteiger partial charge in [0.2, 0.25) is 5.91 Å². The number of allylic oxidation sites excluding steroid dienone is 1. The van der Waals surface area contributed by atoms with Crippen molar-refractivity contribution in [2.45, 2.75) is 96.2 Å². The van der Waals surface area contributed by atoms with E-state index in [0.717, 1.165) is 57.8 Å². The molecule has 1 amide bonds. The highest BCUT2D eigenvalue weighted by molar-refractivity contribution is 5.75. The number of aliphatic hydroxyl groups excluding tert-OH is 1. The van der Waals surface area contributed by atoms with Crippen molar-refractivity contribution in [2.24, 2.45) is 5.73 Å². The first kappa shape index (κ1) is 34.5. The number of quaternary nitrogens is 1. The first-order chi connectivity index (χ1) is 15.2. The molecule has 0 heterocycles. The fourth-order valence-electron chi connectivity index (χ4n) is 3.40. The molecule has 0 saturated heterocycles. The summed E-state index contributed by atoms with van der Waals surface area (Å²) in [5, 5.41) is 13.4. The SMILES string of the molecule is CCCCCC(OC(=O)C[N+](C)(C)C)C(O)C/C=C/CCCCCCCC(=O)NCCN.[I-]. The minimum atomic E-state index is -0.662. The molecule has 0 aliphatic rings. The molecule has 0 aliphatic heterocycles. The minimum absolute atomic E-state index is 0. The number of halogens is 1. The minimum Gasteiger partial charge on any atom is -1.00 e. The Hall–Kier alpha value is -0.710. The summed E-state index contributed by atoms with van der Waals surface area (Å²) in [5.41, 5.74) is 5.36. The van der Waals surface area contributed by atoms with Gasteiger partial charge < -0.3 is 49.4 Å². The van der Waals surface area contributed by atoms with Crippen LogP contribution in [0.2, 0.25) is 0 Å². The molecule has 33 heavy (non-hydrogen) atoms. The topological polar surface area (TPSA) is 102 Å². The number of carbonyl (C=O) groups excluding carboxylic acids is 2. The molecule has 0 aromatic rings. The van der Waals surface area contributed by atoms with Gasteiger partial charge in [0, 0.05) is 19.5 Å². The fraction of sp³-hybridized carbons (Fsp3) is 0.840. The van der Waals surface area contributed by atoms with E-state index in [1.165, 1.54) is 0 Å². The van der Waals surface area contributed by atoms with Crippen molar-refractivity contribution in [1.82, 2.24) is 5.32 Å². The molecule has 0 saturated carbocycles. The Morgan fingerprint density at radius 1 is 1.03 bits per heavy atom. The van der Waals surface area contributed by atoms with E-state index in [1.54, 1.807) is 0 Å². The van der Waals surface area contributed by atoms with Crippen molar-refractivity contribution in [1.29, 1.82) is 0 Å². The van der Waals surface area contributed by atoms with E-state index in [1.807, 2.05) is 27.2 Å². The summed E-state index contributed by atoms with van der Waals surface area (Å²) in [6.07, 6.45) is 14.3. The van der Waals surface area contributed by atoms with E-state index < -0.39 is 12.2 Å². The van der Waals surface area contributed by atoms with E-state index in [9.17, 15) is 14.7 Å². The molecule has 4 N–H and O–H groups in total. The largest absolute Gasteiger partial charge is 1.00 e. The van der Waals surface area contributed by atoms with Gasteiger partial charge in [0.05, 0.1) is 27.2 Å². The number of hydrogen-bond acceptors (Lipinski definition) is 5. The third kappa shape index (κ3) is 22.8. The lowest BCUT2D eigenvalue weighted by atomic mass is 10.0. The van der Waals surface area contributed by atoms with Gasteiger partial charge in [-0.3, -0.25) is 4.79 Å². The molecule has 8 heteroatoms. The summed E-state index contributed by atoms with van der Waals surface area (Å²) in [7, 11) is 5.85. The Morgan fingerprint density at radius 3 is 2.33 bits per heavy atom. The number of rotatable bonds is 20. The van der Waals surface area contributed by atoms with Crippen LogP contribution in [0.25, 0.3) is 0 Å². The van der Waals surface area contributed by atoms with E-state index in [4.69, 9.17) is 10.5 Å². The maximum atomic E-state index is 12.2. The van der Waals surface area contributed by atoms with Crippen LogP contribution in [0.1, 0.15) is 84.0 Å². The molecule has 0 aliphatic carbocycles. The first-order valence-electron chi connectivity index (χ1n) is 12.5. The summed E-state index contributed by atoms with van der Waals surface area (Å²) < 4.78 is 6.15. The van der Waals surface area contributed by atoms with Crippen molar-refractivity contribution in [2.75, 3.05) is 40.8 Å². The Morgan fingerprint density at radius 2 is 1.70 bits per heavy atom. The maximum Gasteiger partial charge on any atom is 0.362 e. The summed E-state index contributed by atoms with van der Waals surface area (Å²) in [5.74, 6) is -0.160. The van der Waals surface area contributed by atoms with Gasteiger partial charge in [-0.15, -0.1) is 0 Å². The normalized spacial score (nSPS) is 13.4. The molecule has 0 bridgehead atoms. The number of nitrogens with two attached hydrogens (primary N) is 1. The summed E-state index contributed by atoms with van der Waals surface area (Å²) in [4.78, 5) is 23.7. The second-order valence-electron chi connectivity index (χ2n) is 9.69. The lowest BCUT2D eigenvalue weighted by molar-refractivity contribution is -0.862. The van der Waals surface area contributed by atoms with Gasteiger partial charge in [-0.25, -0.2) is 4.79 Å². The zero-order chi connectivity index (χ0) is 24.2. The number of nitrogens with one attached hydrogen (secondary N) is 1. The highest BCUT2D eigenvalue weighted by atomic mass is 127. The molecule has 0 aromatic carbocycles. The van der Waals surface area contributed by atoms with E-state index in [2.05, 4.69) is 18.3 Å². The van der Waals surface area contributed by atoms with Crippen molar-refractivity contribution in [3.63, 3.8) is 0 Å². The first-order valence-corrected chi connectivity index (χ1v) is 12.5. The van der Waals surface area contributed by atoms with Crippen LogP contribution in [-0.2, 0) is 14.3 Å². The smallest absolute Gasteiger partial charge is 0.362 e. The molecule has 0 fully saturated rings. The van der Waals surface area contributed by atoms with Gasteiger partial charge in [-0.05, 0) is 38.5 Å². The van der Waals surface area contributed by atoms with E-state index in [0.29, 0.717) is 43.4 Å². The number of nitrogens with zero attached hydrogens (tertiary/aromatic N) is 1. The van der Waals surface area contributed by atoms with Crippen molar-refractivity contribution >= 4 is 11.9 Å². The number of esters is 1. The molecular formula is C25H50IN3O4. The number of carbonyl (C=O) groups is 2.